The number of hydrogen-bond donors (Lipinski definition) is 5. The number of rotatable bonds is 14. The molecule has 5 rings (SSSR count). The molecule has 0 bridgehead atoms. The summed E-state index contributed by atoms with van der Waals surface area (Å²) in [6.07, 6.45) is 5.78. The van der Waals surface area contributed by atoms with Gasteiger partial charge in [-0.1, -0.05) is 17.7 Å². The number of aliphatic hydroxyl groups excluding tert-OH is 4. The minimum Gasteiger partial charge on any atom is -0.493 e. The van der Waals surface area contributed by atoms with Gasteiger partial charge < -0.3 is 40.3 Å². The van der Waals surface area contributed by atoms with Crippen molar-refractivity contribution in [3.05, 3.63) is 47.0 Å². The first-order valence-electron chi connectivity index (χ1n) is 16.0. The summed E-state index contributed by atoms with van der Waals surface area (Å²) in [4.78, 5) is 25.7. The van der Waals surface area contributed by atoms with Crippen molar-refractivity contribution in [2.24, 2.45) is 11.3 Å². The molecule has 1 aromatic carbocycles. The van der Waals surface area contributed by atoms with Gasteiger partial charge in [-0.05, 0) is 62.5 Å². The number of nitrogens with zero attached hydrogens (tertiary/aromatic N) is 4. The third kappa shape index (κ3) is 8.41. The van der Waals surface area contributed by atoms with Crippen LogP contribution >= 0.6 is 11.6 Å². The van der Waals surface area contributed by atoms with E-state index in [0.717, 1.165) is 58.0 Å². The highest BCUT2D eigenvalue weighted by molar-refractivity contribution is 6.30. The second kappa shape index (κ2) is 15.3. The molecule has 0 radical (unpaired) electrons. The lowest BCUT2D eigenvalue weighted by atomic mass is 9.63. The van der Waals surface area contributed by atoms with E-state index < -0.39 is 30.7 Å². The fourth-order valence-electron chi connectivity index (χ4n) is 6.85. The second-order valence-electron chi connectivity index (χ2n) is 12.8. The summed E-state index contributed by atoms with van der Waals surface area (Å²) >= 11 is 5.89. The number of carbonyl (C=O) groups is 1. The van der Waals surface area contributed by atoms with Crippen LogP contribution in [0.3, 0.4) is 0 Å². The van der Waals surface area contributed by atoms with Crippen LogP contribution in [0.5, 0.6) is 5.75 Å². The van der Waals surface area contributed by atoms with Crippen molar-refractivity contribution in [2.45, 2.75) is 75.7 Å². The minimum absolute atomic E-state index is 0.0238. The Morgan fingerprint density at radius 2 is 1.87 bits per heavy atom. The smallest absolute Gasteiger partial charge is 0.227 e. The quantitative estimate of drug-likeness (QED) is 0.192. The lowest BCUT2D eigenvalue weighted by Crippen LogP contribution is -2.57. The molecular formula is C32H45ClFN5O6. The van der Waals surface area contributed by atoms with Gasteiger partial charge in [-0.15, -0.1) is 0 Å². The fraction of sp³-hybridized carbons (Fsp3) is 0.656. The number of halogens is 2. The van der Waals surface area contributed by atoms with Gasteiger partial charge >= 0.3 is 0 Å². The Hall–Kier alpha value is -2.61. The first-order valence-corrected chi connectivity index (χ1v) is 16.3. The topological polar surface area (TPSA) is 152 Å². The number of nitrogens with one attached hydrogen (secondary N) is 1. The van der Waals surface area contributed by atoms with E-state index in [1.165, 1.54) is 6.07 Å². The maximum atomic E-state index is 15.0. The van der Waals surface area contributed by atoms with Crippen LogP contribution in [-0.4, -0.2) is 111 Å². The molecule has 1 aliphatic carbocycles. The second-order valence-corrected chi connectivity index (χ2v) is 13.2. The molecule has 1 amide bonds. The average molecular weight is 650 g/mol. The Balaban J connectivity index is 1.00. The van der Waals surface area contributed by atoms with Gasteiger partial charge in [0.25, 0.3) is 0 Å². The van der Waals surface area contributed by atoms with Crippen LogP contribution in [0.2, 0.25) is 5.02 Å². The Bertz CT molecular complexity index is 1270. The van der Waals surface area contributed by atoms with Crippen molar-refractivity contribution in [3.8, 4) is 5.75 Å². The van der Waals surface area contributed by atoms with E-state index in [2.05, 4.69) is 20.2 Å². The average Bonchev–Trinajstić information content (AvgIpc) is 3.52. The number of anilines is 1. The van der Waals surface area contributed by atoms with Crippen molar-refractivity contribution in [1.29, 1.82) is 0 Å². The fourth-order valence-corrected chi connectivity index (χ4v) is 6.95. The number of aromatic nitrogens is 2. The van der Waals surface area contributed by atoms with Crippen molar-refractivity contribution >= 4 is 23.5 Å². The summed E-state index contributed by atoms with van der Waals surface area (Å²) in [5.41, 5.74) is 0.224. The summed E-state index contributed by atoms with van der Waals surface area (Å²) in [7, 11) is 0. The standard InChI is InChI=1S/C32H45ClFN5O6/c33-23-16-36-31(37-17-23)38-10-6-21(7-11-38)2-1-13-45-24-4-3-22(25(34)15-24)14-29(43)39-12-9-32(20-39)8-5-28(32)35-18-26(41)30(44)27(42)19-40/h3-4,15-17,21,26-28,30,35,40-42,44H,1-2,5-14,18-20H2/t26-,27+,28?,30-,32?/m0/s1. The van der Waals surface area contributed by atoms with E-state index in [1.54, 1.807) is 29.4 Å². The highest BCUT2D eigenvalue weighted by atomic mass is 35.5. The van der Waals surface area contributed by atoms with Crippen LogP contribution in [0.1, 0.15) is 50.5 Å². The molecule has 1 aromatic heterocycles. The highest BCUT2D eigenvalue weighted by Gasteiger charge is 2.51. The van der Waals surface area contributed by atoms with Crippen LogP contribution in [0, 0.1) is 17.2 Å². The summed E-state index contributed by atoms with van der Waals surface area (Å²) in [5, 5.41) is 42.3. The van der Waals surface area contributed by atoms with Crippen LogP contribution in [-0.2, 0) is 11.2 Å². The van der Waals surface area contributed by atoms with Crippen LogP contribution in [0.15, 0.2) is 30.6 Å². The lowest BCUT2D eigenvalue weighted by Gasteiger charge is -2.48. The highest BCUT2D eigenvalue weighted by Crippen LogP contribution is 2.48. The third-order valence-corrected chi connectivity index (χ3v) is 10.0. The summed E-state index contributed by atoms with van der Waals surface area (Å²) in [5.74, 6) is 1.20. The Morgan fingerprint density at radius 3 is 2.53 bits per heavy atom. The zero-order valence-corrected chi connectivity index (χ0v) is 26.3. The molecule has 248 valence electrons. The maximum absolute atomic E-state index is 15.0. The molecule has 3 heterocycles. The Morgan fingerprint density at radius 1 is 1.11 bits per heavy atom. The predicted octanol–water partition coefficient (Wildman–Crippen LogP) is 1.93. The first kappa shape index (κ1) is 33.7. The molecule has 2 saturated heterocycles. The third-order valence-electron chi connectivity index (χ3n) is 9.85. The van der Waals surface area contributed by atoms with Gasteiger partial charge in [-0.25, -0.2) is 14.4 Å². The number of likely N-dealkylation sites (tertiary alicyclic amines) is 1. The maximum Gasteiger partial charge on any atom is 0.227 e. The van der Waals surface area contributed by atoms with Crippen molar-refractivity contribution in [1.82, 2.24) is 20.2 Å². The van der Waals surface area contributed by atoms with E-state index in [9.17, 15) is 24.5 Å². The molecule has 3 fully saturated rings. The number of aliphatic hydroxyl groups is 4. The van der Waals surface area contributed by atoms with E-state index in [0.29, 0.717) is 47.9 Å². The summed E-state index contributed by atoms with van der Waals surface area (Å²) in [6, 6.07) is 4.77. The Kier molecular flexibility index (Phi) is 11.5. The summed E-state index contributed by atoms with van der Waals surface area (Å²) < 4.78 is 20.8. The van der Waals surface area contributed by atoms with Crippen LogP contribution in [0.4, 0.5) is 10.3 Å². The van der Waals surface area contributed by atoms with E-state index >= 15 is 0 Å². The molecule has 1 spiro atoms. The van der Waals surface area contributed by atoms with Gasteiger partial charge in [0.05, 0.1) is 43.2 Å². The zero-order chi connectivity index (χ0) is 32.0. The van der Waals surface area contributed by atoms with Gasteiger partial charge in [0.15, 0.2) is 0 Å². The van der Waals surface area contributed by atoms with E-state index in [-0.39, 0.29) is 30.3 Å². The van der Waals surface area contributed by atoms with Crippen molar-refractivity contribution < 1.29 is 34.3 Å². The molecule has 3 aliphatic rings. The number of hydrogen-bond acceptors (Lipinski definition) is 10. The molecule has 2 unspecified atom stereocenters. The number of carbonyl (C=O) groups excluding carboxylic acids is 1. The predicted molar refractivity (Wildman–Crippen MR) is 167 cm³/mol. The number of amides is 1. The molecular weight excluding hydrogens is 605 g/mol. The molecule has 1 saturated carbocycles. The minimum atomic E-state index is -1.45. The lowest BCUT2D eigenvalue weighted by molar-refractivity contribution is -0.130. The molecule has 13 heteroatoms. The largest absolute Gasteiger partial charge is 0.493 e. The first-order chi connectivity index (χ1) is 21.7. The summed E-state index contributed by atoms with van der Waals surface area (Å²) in [6.45, 7) is 2.88. The SMILES string of the molecule is O=C(Cc1ccc(OCCCC2CCN(c3ncc(Cl)cn3)CC2)cc1F)N1CCC2(CCC2NC[C@H](O)[C@H](O)[C@H](O)CO)C1. The Labute approximate surface area is 268 Å². The van der Waals surface area contributed by atoms with Gasteiger partial charge in [0.2, 0.25) is 11.9 Å². The number of piperidine rings is 1. The van der Waals surface area contributed by atoms with Crippen LogP contribution in [0.25, 0.3) is 0 Å². The monoisotopic (exact) mass is 649 g/mol. The molecule has 45 heavy (non-hydrogen) atoms. The van der Waals surface area contributed by atoms with Gasteiger partial charge in [-0.2, -0.15) is 0 Å². The van der Waals surface area contributed by atoms with Crippen molar-refractivity contribution in [3.63, 3.8) is 0 Å². The van der Waals surface area contributed by atoms with Gasteiger partial charge in [-0.3, -0.25) is 4.79 Å². The van der Waals surface area contributed by atoms with Crippen molar-refractivity contribution in [2.75, 3.05) is 50.8 Å². The molecule has 2 aliphatic heterocycles. The number of ether oxygens (including phenoxy) is 1. The zero-order valence-electron chi connectivity index (χ0n) is 25.5. The van der Waals surface area contributed by atoms with Crippen LogP contribution < -0.4 is 15.0 Å². The molecule has 2 aromatic rings. The van der Waals surface area contributed by atoms with Gasteiger partial charge in [0, 0.05) is 50.2 Å². The van der Waals surface area contributed by atoms with E-state index in [4.69, 9.17) is 21.4 Å². The normalized spacial score (nSPS) is 24.0. The van der Waals surface area contributed by atoms with E-state index in [1.807, 2.05) is 0 Å². The molecule has 5 atom stereocenters. The number of benzene rings is 1. The van der Waals surface area contributed by atoms with Gasteiger partial charge in [0.1, 0.15) is 23.8 Å². The molecule has 11 nitrogen and oxygen atoms in total. The molecule has 5 N–H and O–H groups in total.